The second-order valence-corrected chi connectivity index (χ2v) is 15.3. The lowest BCUT2D eigenvalue weighted by atomic mass is 9.35. The van der Waals surface area contributed by atoms with Crippen molar-refractivity contribution in [1.82, 2.24) is 4.98 Å². The molecule has 3 N–H and O–H groups in total. The van der Waals surface area contributed by atoms with Crippen molar-refractivity contribution in [1.29, 1.82) is 0 Å². The van der Waals surface area contributed by atoms with Crippen LogP contribution in [0.2, 0.25) is 0 Å². The van der Waals surface area contributed by atoms with Crippen LogP contribution in [0.15, 0.2) is 42.1 Å². The molecule has 0 radical (unpaired) electrons. The zero-order chi connectivity index (χ0) is 28.4. The first kappa shape index (κ1) is 26.2. The van der Waals surface area contributed by atoms with Crippen LogP contribution in [-0.4, -0.2) is 15.2 Å². The second kappa shape index (κ2) is 8.20. The lowest BCUT2D eigenvalue weighted by molar-refractivity contribution is -0.145. The summed E-state index contributed by atoms with van der Waals surface area (Å²) in [5.41, 5.74) is 9.08. The molecule has 3 fully saturated rings. The molecule has 0 spiro atoms. The van der Waals surface area contributed by atoms with Crippen LogP contribution in [0.3, 0.4) is 0 Å². The van der Waals surface area contributed by atoms with Gasteiger partial charge in [0.15, 0.2) is 11.5 Å². The maximum Gasteiger partial charge on any atom is 0.160 e. The van der Waals surface area contributed by atoms with Crippen LogP contribution in [0.4, 0.5) is 0 Å². The fourth-order valence-corrected chi connectivity index (χ4v) is 10.6. The van der Waals surface area contributed by atoms with E-state index >= 15 is 0 Å². The molecule has 7 atom stereocenters. The molecule has 2 aromatic carbocycles. The number of H-pyrrole nitrogens is 1. The van der Waals surface area contributed by atoms with E-state index < -0.39 is 0 Å². The van der Waals surface area contributed by atoms with E-state index in [-0.39, 0.29) is 33.7 Å². The van der Waals surface area contributed by atoms with Crippen molar-refractivity contribution < 1.29 is 10.2 Å². The number of hydrogen-bond acceptors (Lipinski definition) is 2. The molecule has 1 heterocycles. The highest BCUT2D eigenvalue weighted by Gasteiger charge is 2.65. The summed E-state index contributed by atoms with van der Waals surface area (Å²) in [6, 6.07) is 8.60. The number of phenols is 2. The minimum Gasteiger partial charge on any atom is -0.504 e. The third-order valence-corrected chi connectivity index (χ3v) is 13.3. The largest absolute Gasteiger partial charge is 0.504 e. The molecule has 4 aliphatic carbocycles. The number of nitrogens with one attached hydrogen (secondary N) is 1. The normalized spacial score (nSPS) is 38.7. The molecule has 0 saturated heterocycles. The highest BCUT2D eigenvalue weighted by molar-refractivity contribution is 5.86. The van der Waals surface area contributed by atoms with Gasteiger partial charge in [0, 0.05) is 28.4 Å². The molecule has 3 heteroatoms. The summed E-state index contributed by atoms with van der Waals surface area (Å²) < 4.78 is 0. The fraction of sp³-hybridized carbons (Fsp3) is 0.568. The van der Waals surface area contributed by atoms with Crippen LogP contribution in [0, 0.1) is 41.9 Å². The molecule has 4 aliphatic rings. The molecule has 0 bridgehead atoms. The molecule has 1 aromatic heterocycles. The van der Waals surface area contributed by atoms with Gasteiger partial charge in [0.2, 0.25) is 0 Å². The maximum absolute atomic E-state index is 11.0. The van der Waals surface area contributed by atoms with Gasteiger partial charge >= 0.3 is 0 Å². The van der Waals surface area contributed by atoms with Crippen molar-refractivity contribution in [2.24, 2.45) is 28.1 Å². The van der Waals surface area contributed by atoms with Gasteiger partial charge < -0.3 is 15.2 Å². The van der Waals surface area contributed by atoms with Gasteiger partial charge in [-0.1, -0.05) is 64.8 Å². The van der Waals surface area contributed by atoms with E-state index in [0.29, 0.717) is 5.41 Å². The Balaban J connectivity index is 1.48. The number of allylic oxidation sites excluding steroid dienone is 2. The topological polar surface area (TPSA) is 56.2 Å². The summed E-state index contributed by atoms with van der Waals surface area (Å²) in [6.45, 7) is 16.9. The third kappa shape index (κ3) is 3.18. The number of aromatic amines is 1. The van der Waals surface area contributed by atoms with Gasteiger partial charge in [-0.25, -0.2) is 0 Å². The number of benzene rings is 2. The zero-order valence-corrected chi connectivity index (χ0v) is 25.5. The average Bonchev–Trinajstić information content (AvgIpc) is 3.33. The van der Waals surface area contributed by atoms with Gasteiger partial charge in [-0.2, -0.15) is 0 Å². The number of aromatic hydroxyl groups is 2. The molecule has 3 saturated carbocycles. The molecule has 40 heavy (non-hydrogen) atoms. The molecule has 3 aromatic rings. The highest BCUT2D eigenvalue weighted by atomic mass is 16.3. The van der Waals surface area contributed by atoms with Crippen molar-refractivity contribution in [2.75, 3.05) is 0 Å². The van der Waals surface area contributed by atoms with Gasteiger partial charge in [0.05, 0.1) is 0 Å². The summed E-state index contributed by atoms with van der Waals surface area (Å²) >= 11 is 0. The zero-order valence-electron chi connectivity index (χ0n) is 25.5. The van der Waals surface area contributed by atoms with Gasteiger partial charge in [0.1, 0.15) is 0 Å². The van der Waals surface area contributed by atoms with Crippen molar-refractivity contribution in [3.8, 4) is 11.5 Å². The smallest absolute Gasteiger partial charge is 0.160 e. The quantitative estimate of drug-likeness (QED) is 0.214. The Hall–Kier alpha value is -2.68. The van der Waals surface area contributed by atoms with E-state index in [1.54, 1.807) is 5.57 Å². The van der Waals surface area contributed by atoms with Gasteiger partial charge in [0.25, 0.3) is 0 Å². The molecule has 212 valence electrons. The first-order valence-corrected chi connectivity index (χ1v) is 15.7. The minimum absolute atomic E-state index is 0.0165. The maximum atomic E-state index is 11.0. The molecule has 2 unspecified atom stereocenters. The SMILES string of the molecule is Cc1ccc2c(C3C=C4C5(C)CC[C@@]6(C)CC[C@H](C)C[C@H]6[C@]5(C)CC[C@@]4(C)c4cc(O)c(O)c(C)c43)c[nH]c2c1. The summed E-state index contributed by atoms with van der Waals surface area (Å²) in [5, 5.41) is 23.2. The van der Waals surface area contributed by atoms with E-state index in [9.17, 15) is 10.2 Å². The average molecular weight is 538 g/mol. The second-order valence-electron chi connectivity index (χ2n) is 15.3. The monoisotopic (exact) mass is 537 g/mol. The minimum atomic E-state index is -0.160. The lowest BCUT2D eigenvalue weighted by Crippen LogP contribution is -2.61. The van der Waals surface area contributed by atoms with Crippen LogP contribution in [0.5, 0.6) is 11.5 Å². The Morgan fingerprint density at radius 2 is 1.70 bits per heavy atom. The Morgan fingerprint density at radius 3 is 2.48 bits per heavy atom. The van der Waals surface area contributed by atoms with Crippen LogP contribution < -0.4 is 0 Å². The molecule has 7 rings (SSSR count). The van der Waals surface area contributed by atoms with Gasteiger partial charge in [-0.3, -0.25) is 0 Å². The lowest BCUT2D eigenvalue weighted by Gasteiger charge is -2.69. The van der Waals surface area contributed by atoms with Crippen LogP contribution >= 0.6 is 0 Å². The van der Waals surface area contributed by atoms with E-state index in [2.05, 4.69) is 77.0 Å². The van der Waals surface area contributed by atoms with E-state index in [1.807, 2.05) is 13.0 Å². The molecule has 0 amide bonds. The Kier molecular flexibility index (Phi) is 5.38. The molecular weight excluding hydrogens is 490 g/mol. The highest BCUT2D eigenvalue weighted by Crippen LogP contribution is 2.74. The molecule has 0 aliphatic heterocycles. The van der Waals surface area contributed by atoms with E-state index in [0.717, 1.165) is 29.3 Å². The summed E-state index contributed by atoms with van der Waals surface area (Å²) in [7, 11) is 0. The molecule has 3 nitrogen and oxygen atoms in total. The third-order valence-electron chi connectivity index (χ3n) is 13.3. The van der Waals surface area contributed by atoms with Crippen LogP contribution in [0.1, 0.15) is 113 Å². The van der Waals surface area contributed by atoms with Gasteiger partial charge in [-0.05, 0) is 120 Å². The predicted molar refractivity (Wildman–Crippen MR) is 164 cm³/mol. The number of fused-ring (bicyclic) bond motifs is 8. The first-order valence-electron chi connectivity index (χ1n) is 15.7. The van der Waals surface area contributed by atoms with Crippen LogP contribution in [0.25, 0.3) is 10.9 Å². The van der Waals surface area contributed by atoms with Crippen molar-refractivity contribution in [3.05, 3.63) is 69.9 Å². The summed E-state index contributed by atoms with van der Waals surface area (Å²) in [5.74, 6) is 1.61. The van der Waals surface area contributed by atoms with Crippen molar-refractivity contribution in [2.45, 2.75) is 105 Å². The van der Waals surface area contributed by atoms with Gasteiger partial charge in [-0.15, -0.1) is 0 Å². The number of hydrogen-bond donors (Lipinski definition) is 3. The van der Waals surface area contributed by atoms with Crippen molar-refractivity contribution >= 4 is 10.9 Å². The number of aryl methyl sites for hydroxylation is 1. The molecular formula is C37H47NO2. The Labute approximate surface area is 240 Å². The predicted octanol–water partition coefficient (Wildman–Crippen LogP) is 9.57. The van der Waals surface area contributed by atoms with Crippen molar-refractivity contribution in [3.63, 3.8) is 0 Å². The Morgan fingerprint density at radius 1 is 0.925 bits per heavy atom. The summed E-state index contributed by atoms with van der Waals surface area (Å²) in [4.78, 5) is 3.56. The van der Waals surface area contributed by atoms with E-state index in [1.165, 1.54) is 66.2 Å². The van der Waals surface area contributed by atoms with Crippen LogP contribution in [-0.2, 0) is 5.41 Å². The number of phenolic OH excluding ortho intramolecular Hbond substituents is 2. The Bertz CT molecular complexity index is 1580. The first-order chi connectivity index (χ1) is 18.8. The number of aromatic nitrogens is 1. The summed E-state index contributed by atoms with van der Waals surface area (Å²) in [6.07, 6.45) is 13.7. The number of rotatable bonds is 1. The van der Waals surface area contributed by atoms with E-state index in [4.69, 9.17) is 0 Å². The fourth-order valence-electron chi connectivity index (χ4n) is 10.6. The standard InChI is InChI=1S/C37H47NO2/c1-21-8-9-24-26(20-38-28(24)16-21)25-18-31-35(5,27-19-29(39)33(40)23(3)32(25)27)13-15-36(6)30-17-22(2)10-11-34(30,4)12-14-37(31,36)7/h8-9,16,18-20,22,25,30,38-40H,10-15,17H2,1-7H3/t22-,25?,30+,34+,35-,36-,37?/m0/s1.